The van der Waals surface area contributed by atoms with Gasteiger partial charge in [-0.3, -0.25) is 4.79 Å². The molecule has 0 bridgehead atoms. The Labute approximate surface area is 126 Å². The van der Waals surface area contributed by atoms with Crippen LogP contribution < -0.4 is 4.74 Å². The minimum atomic E-state index is 0.705. The highest BCUT2D eigenvalue weighted by Gasteiger charge is 2.05. The molecule has 0 aliphatic heterocycles. The second kappa shape index (κ2) is 6.72. The summed E-state index contributed by atoms with van der Waals surface area (Å²) in [6, 6.07) is 11.7. The molecule has 0 aliphatic carbocycles. The first-order chi connectivity index (χ1) is 9.98. The molecule has 0 N–H and O–H groups in total. The molecule has 2 aromatic rings. The van der Waals surface area contributed by atoms with Gasteiger partial charge in [0, 0.05) is 5.56 Å². The average Bonchev–Trinajstić information content (AvgIpc) is 2.45. The monoisotopic (exact) mass is 286 g/mol. The molecule has 2 rings (SSSR count). The highest BCUT2D eigenvalue weighted by molar-refractivity contribution is 5.89. The van der Waals surface area contributed by atoms with Gasteiger partial charge in [0.05, 0.1) is 34.3 Å². The van der Waals surface area contributed by atoms with Crippen LogP contribution in [0.5, 0.6) is 5.75 Å². The van der Waals surface area contributed by atoms with Gasteiger partial charge in [-0.2, -0.15) is 0 Å². The Balaban J connectivity index is 1.89. The minimum Gasteiger partial charge on any atom is -0.494 e. The maximum absolute atomic E-state index is 10.8. The van der Waals surface area contributed by atoms with Crippen LogP contribution in [0.15, 0.2) is 36.4 Å². The van der Waals surface area contributed by atoms with Gasteiger partial charge in [0.25, 0.3) is 0 Å². The molecule has 2 aromatic carbocycles. The number of fused-ring (bicyclic) bond motifs is 1. The fraction of sp³-hybridized carbons (Fsp3) is 0.389. The lowest BCUT2D eigenvalue weighted by atomic mass is 10.1. The molecule has 0 aromatic heterocycles. The molecule has 0 saturated heterocycles. The standard InChI is InChI=1S/C18H24NO2/c1-19(2,3)10-4-5-11-21-18-9-8-16-12-15(14-20)6-7-17(16)13-18/h6-9,12-14H,4-5,10-11H2,1-3H3/q+1. The van der Waals surface area contributed by atoms with Crippen LogP contribution in [0.4, 0.5) is 0 Å². The summed E-state index contributed by atoms with van der Waals surface area (Å²) in [4.78, 5) is 10.8. The molecule has 3 nitrogen and oxygen atoms in total. The van der Waals surface area contributed by atoms with Crippen molar-refractivity contribution in [1.82, 2.24) is 0 Å². The van der Waals surface area contributed by atoms with Crippen molar-refractivity contribution in [1.29, 1.82) is 0 Å². The number of hydrogen-bond acceptors (Lipinski definition) is 2. The first-order valence-corrected chi connectivity index (χ1v) is 7.40. The van der Waals surface area contributed by atoms with Gasteiger partial charge in [0.2, 0.25) is 0 Å². The van der Waals surface area contributed by atoms with Crippen LogP contribution in [-0.2, 0) is 0 Å². The van der Waals surface area contributed by atoms with Crippen molar-refractivity contribution in [2.24, 2.45) is 0 Å². The van der Waals surface area contributed by atoms with E-state index < -0.39 is 0 Å². The van der Waals surface area contributed by atoms with E-state index in [4.69, 9.17) is 4.74 Å². The van der Waals surface area contributed by atoms with Crippen LogP contribution >= 0.6 is 0 Å². The number of aldehydes is 1. The topological polar surface area (TPSA) is 26.3 Å². The fourth-order valence-electron chi connectivity index (χ4n) is 2.28. The molecule has 0 amide bonds. The predicted molar refractivity (Wildman–Crippen MR) is 87.0 cm³/mol. The Morgan fingerprint density at radius 2 is 1.71 bits per heavy atom. The zero-order valence-electron chi connectivity index (χ0n) is 13.1. The van der Waals surface area contributed by atoms with Crippen molar-refractivity contribution in [3.05, 3.63) is 42.0 Å². The van der Waals surface area contributed by atoms with Crippen LogP contribution in [0.1, 0.15) is 23.2 Å². The molecule has 0 atom stereocenters. The van der Waals surface area contributed by atoms with E-state index in [2.05, 4.69) is 21.1 Å². The smallest absolute Gasteiger partial charge is 0.150 e. The maximum Gasteiger partial charge on any atom is 0.150 e. The van der Waals surface area contributed by atoms with Crippen molar-refractivity contribution >= 4 is 17.1 Å². The second-order valence-electron chi connectivity index (χ2n) is 6.46. The van der Waals surface area contributed by atoms with Crippen LogP contribution in [0.2, 0.25) is 0 Å². The molecule has 3 heteroatoms. The van der Waals surface area contributed by atoms with Crippen molar-refractivity contribution < 1.29 is 14.0 Å². The Morgan fingerprint density at radius 3 is 2.43 bits per heavy atom. The highest BCUT2D eigenvalue weighted by atomic mass is 16.5. The number of rotatable bonds is 7. The van der Waals surface area contributed by atoms with Gasteiger partial charge in [-0.05, 0) is 41.8 Å². The molecule has 0 unspecified atom stereocenters. The molecule has 0 fully saturated rings. The number of quaternary nitrogens is 1. The molecule has 0 radical (unpaired) electrons. The lowest BCUT2D eigenvalue weighted by Gasteiger charge is -2.23. The molecule has 112 valence electrons. The quantitative estimate of drug-likeness (QED) is 0.442. The van der Waals surface area contributed by atoms with Gasteiger partial charge in [0.1, 0.15) is 12.0 Å². The van der Waals surface area contributed by atoms with Crippen LogP contribution in [0.25, 0.3) is 10.8 Å². The molecule has 0 heterocycles. The summed E-state index contributed by atoms with van der Waals surface area (Å²) in [5.41, 5.74) is 0.705. The lowest BCUT2D eigenvalue weighted by Crippen LogP contribution is -2.35. The van der Waals surface area contributed by atoms with Gasteiger partial charge < -0.3 is 9.22 Å². The lowest BCUT2D eigenvalue weighted by molar-refractivity contribution is -0.870. The molecule has 0 aliphatic rings. The molecular formula is C18H24NO2+. The number of carbonyl (C=O) groups excluding carboxylic acids is 1. The SMILES string of the molecule is C[N+](C)(C)CCCCOc1ccc2cc(C=O)ccc2c1. The number of hydrogen-bond donors (Lipinski definition) is 0. The summed E-state index contributed by atoms with van der Waals surface area (Å²) in [6.07, 6.45) is 3.11. The third-order valence-corrected chi connectivity index (χ3v) is 3.46. The van der Waals surface area contributed by atoms with Crippen molar-refractivity contribution in [3.63, 3.8) is 0 Å². The van der Waals surface area contributed by atoms with E-state index in [9.17, 15) is 4.79 Å². The van der Waals surface area contributed by atoms with Gasteiger partial charge >= 0.3 is 0 Å². The van der Waals surface area contributed by atoms with Crippen molar-refractivity contribution in [2.75, 3.05) is 34.3 Å². The Morgan fingerprint density at radius 1 is 1.00 bits per heavy atom. The largest absolute Gasteiger partial charge is 0.494 e. The third-order valence-electron chi connectivity index (χ3n) is 3.46. The Kier molecular flexibility index (Phi) is 4.97. The number of ether oxygens (including phenoxy) is 1. The van der Waals surface area contributed by atoms with E-state index in [0.29, 0.717) is 5.56 Å². The summed E-state index contributed by atoms with van der Waals surface area (Å²) < 4.78 is 6.80. The summed E-state index contributed by atoms with van der Waals surface area (Å²) in [7, 11) is 6.62. The average molecular weight is 286 g/mol. The third kappa shape index (κ3) is 4.87. The summed E-state index contributed by atoms with van der Waals surface area (Å²) >= 11 is 0. The normalized spacial score (nSPS) is 11.6. The van der Waals surface area contributed by atoms with Gasteiger partial charge in [-0.25, -0.2) is 0 Å². The number of benzene rings is 2. The van der Waals surface area contributed by atoms with Crippen molar-refractivity contribution in [2.45, 2.75) is 12.8 Å². The number of nitrogens with zero attached hydrogens (tertiary/aromatic N) is 1. The first kappa shape index (κ1) is 15.5. The summed E-state index contributed by atoms with van der Waals surface area (Å²) in [5, 5.41) is 2.17. The second-order valence-corrected chi connectivity index (χ2v) is 6.46. The molecular weight excluding hydrogens is 262 g/mol. The molecule has 0 saturated carbocycles. The Bertz CT molecular complexity index is 614. The molecule has 0 spiro atoms. The molecule has 21 heavy (non-hydrogen) atoms. The van der Waals surface area contributed by atoms with Crippen LogP contribution in [-0.4, -0.2) is 45.1 Å². The number of carbonyl (C=O) groups is 1. The van der Waals surface area contributed by atoms with Crippen LogP contribution in [0, 0.1) is 0 Å². The van der Waals surface area contributed by atoms with Gasteiger partial charge in [-0.1, -0.05) is 18.2 Å². The minimum absolute atomic E-state index is 0.705. The number of unbranched alkanes of at least 4 members (excludes halogenated alkanes) is 1. The van der Waals surface area contributed by atoms with E-state index in [1.165, 1.54) is 6.42 Å². The van der Waals surface area contributed by atoms with Gasteiger partial charge in [0.15, 0.2) is 0 Å². The maximum atomic E-state index is 10.8. The zero-order chi connectivity index (χ0) is 15.3. The first-order valence-electron chi connectivity index (χ1n) is 7.40. The van der Waals surface area contributed by atoms with E-state index in [0.717, 1.165) is 46.9 Å². The summed E-state index contributed by atoms with van der Waals surface area (Å²) in [6.45, 7) is 1.91. The van der Waals surface area contributed by atoms with E-state index >= 15 is 0 Å². The van der Waals surface area contributed by atoms with E-state index in [1.807, 2.05) is 36.4 Å². The fourth-order valence-corrected chi connectivity index (χ4v) is 2.28. The van der Waals surface area contributed by atoms with Gasteiger partial charge in [-0.15, -0.1) is 0 Å². The predicted octanol–water partition coefficient (Wildman–Crippen LogP) is 3.52. The van der Waals surface area contributed by atoms with E-state index in [1.54, 1.807) is 0 Å². The zero-order valence-corrected chi connectivity index (χ0v) is 13.1. The van der Waals surface area contributed by atoms with Crippen LogP contribution in [0.3, 0.4) is 0 Å². The highest BCUT2D eigenvalue weighted by Crippen LogP contribution is 2.22. The Hall–Kier alpha value is -1.87. The van der Waals surface area contributed by atoms with E-state index in [-0.39, 0.29) is 0 Å². The van der Waals surface area contributed by atoms with Crippen molar-refractivity contribution in [3.8, 4) is 5.75 Å². The summed E-state index contributed by atoms with van der Waals surface area (Å²) in [5.74, 6) is 0.895.